The van der Waals surface area contributed by atoms with Crippen LogP contribution in [0.5, 0.6) is 0 Å². The molecule has 5 aliphatic rings. The van der Waals surface area contributed by atoms with Gasteiger partial charge in [0.1, 0.15) is 0 Å². The lowest BCUT2D eigenvalue weighted by atomic mass is 9.76. The minimum absolute atomic E-state index is 0.202. The maximum atomic E-state index is 4.78. The van der Waals surface area contributed by atoms with Crippen LogP contribution in [0.25, 0.3) is 39.4 Å². The van der Waals surface area contributed by atoms with Crippen molar-refractivity contribution >= 4 is 28.2 Å². The van der Waals surface area contributed by atoms with Gasteiger partial charge in [0.25, 0.3) is 0 Å². The lowest BCUT2D eigenvalue weighted by Gasteiger charge is -2.36. The Labute approximate surface area is 320 Å². The Morgan fingerprint density at radius 3 is 2.59 bits per heavy atom. The highest BCUT2D eigenvalue weighted by Crippen LogP contribution is 2.46. The molecule has 1 aliphatic heterocycles. The fourth-order valence-corrected chi connectivity index (χ4v) is 9.14. The second kappa shape index (κ2) is 14.0. The van der Waals surface area contributed by atoms with Crippen LogP contribution in [0.1, 0.15) is 77.1 Å². The molecular weight excluding hydrogens is 653 g/mol. The summed E-state index contributed by atoms with van der Waals surface area (Å²) < 4.78 is 2.45. The highest BCUT2D eigenvalue weighted by Gasteiger charge is 2.30. The normalized spacial score (nSPS) is 20.3. The first kappa shape index (κ1) is 33.7. The molecule has 4 aromatic rings. The highest BCUT2D eigenvalue weighted by molar-refractivity contribution is 5.99. The van der Waals surface area contributed by atoms with Crippen molar-refractivity contribution in [2.24, 2.45) is 0 Å². The topological polar surface area (TPSA) is 8.17 Å². The molecule has 54 heavy (non-hydrogen) atoms. The van der Waals surface area contributed by atoms with E-state index < -0.39 is 0 Å². The minimum Gasteiger partial charge on any atom is -0.320 e. The summed E-state index contributed by atoms with van der Waals surface area (Å²) in [5.74, 6) is 0.202. The highest BCUT2D eigenvalue weighted by atomic mass is 15.1. The standard InChI is InChI=1S/C52H46N2/c1-5-6-23-46-37(4)54(43-21-11-8-12-22-43)50-30-28-39(34-49(46)50)47-25-15-18-40-33-41-32-38(27-29-45(41)36(3)51(40)47)48-26-16-24-44-35(2)17-13-14-31-53(52(44)48)42-19-9-7-10-20-42/h5-6,8-9,11,13-21,23-25,27-32,34,48H,1-3,7,10,12,22,26,33H2,4H3/b17-13-,23-6-,31-14-. The number of hydrogen-bond donors (Lipinski definition) is 0. The first-order valence-electron chi connectivity index (χ1n) is 19.4. The van der Waals surface area contributed by atoms with E-state index in [1.54, 1.807) is 0 Å². The summed E-state index contributed by atoms with van der Waals surface area (Å²) in [6, 6.07) is 20.9. The van der Waals surface area contributed by atoms with Crippen LogP contribution in [-0.4, -0.2) is 9.47 Å². The van der Waals surface area contributed by atoms with E-state index in [9.17, 15) is 0 Å². The van der Waals surface area contributed by atoms with E-state index in [0.29, 0.717) is 0 Å². The number of allylic oxidation sites excluding steroid dienone is 17. The van der Waals surface area contributed by atoms with E-state index in [1.807, 2.05) is 6.08 Å². The average Bonchev–Trinajstić information content (AvgIpc) is 3.49. The summed E-state index contributed by atoms with van der Waals surface area (Å²) >= 11 is 0. The number of aromatic nitrogens is 1. The van der Waals surface area contributed by atoms with Crippen molar-refractivity contribution < 1.29 is 0 Å². The zero-order valence-electron chi connectivity index (χ0n) is 31.2. The monoisotopic (exact) mass is 698 g/mol. The zero-order chi connectivity index (χ0) is 36.8. The van der Waals surface area contributed by atoms with E-state index in [2.05, 4.69) is 169 Å². The Morgan fingerprint density at radius 2 is 1.76 bits per heavy atom. The van der Waals surface area contributed by atoms with Gasteiger partial charge in [-0.3, -0.25) is 0 Å². The lowest BCUT2D eigenvalue weighted by Crippen LogP contribution is -2.25. The van der Waals surface area contributed by atoms with Gasteiger partial charge in [0.2, 0.25) is 0 Å². The predicted octanol–water partition coefficient (Wildman–Crippen LogP) is 13.4. The summed E-state index contributed by atoms with van der Waals surface area (Å²) in [6.45, 7) is 15.5. The van der Waals surface area contributed by atoms with Crippen LogP contribution in [0.3, 0.4) is 0 Å². The van der Waals surface area contributed by atoms with Crippen LogP contribution in [-0.2, 0) is 6.42 Å². The molecule has 4 aliphatic carbocycles. The third-order valence-electron chi connectivity index (χ3n) is 11.7. The molecule has 0 saturated heterocycles. The Morgan fingerprint density at radius 1 is 0.833 bits per heavy atom. The summed E-state index contributed by atoms with van der Waals surface area (Å²) in [7, 11) is 0. The zero-order valence-corrected chi connectivity index (χ0v) is 31.2. The summed E-state index contributed by atoms with van der Waals surface area (Å²) in [5.41, 5.74) is 20.0. The molecule has 0 radical (unpaired) electrons. The van der Waals surface area contributed by atoms with E-state index in [1.165, 1.54) is 83.8 Å². The van der Waals surface area contributed by atoms with Crippen LogP contribution >= 0.6 is 0 Å². The lowest BCUT2D eigenvalue weighted by molar-refractivity contribution is 0.512. The van der Waals surface area contributed by atoms with Gasteiger partial charge >= 0.3 is 0 Å². The maximum absolute atomic E-state index is 4.78. The smallest absolute Gasteiger partial charge is 0.0534 e. The molecule has 1 unspecified atom stereocenters. The van der Waals surface area contributed by atoms with Gasteiger partial charge in [0.05, 0.1) is 5.52 Å². The van der Waals surface area contributed by atoms with Gasteiger partial charge in [-0.15, -0.1) is 0 Å². The molecule has 9 rings (SSSR count). The predicted molar refractivity (Wildman–Crippen MR) is 231 cm³/mol. The van der Waals surface area contributed by atoms with E-state index >= 15 is 0 Å². The summed E-state index contributed by atoms with van der Waals surface area (Å²) in [6.07, 6.45) is 39.0. The van der Waals surface area contributed by atoms with Crippen molar-refractivity contribution in [3.05, 3.63) is 221 Å². The van der Waals surface area contributed by atoms with Crippen LogP contribution in [0.2, 0.25) is 0 Å². The van der Waals surface area contributed by atoms with Gasteiger partial charge in [-0.2, -0.15) is 0 Å². The largest absolute Gasteiger partial charge is 0.320 e. The van der Waals surface area contributed by atoms with Gasteiger partial charge in [-0.1, -0.05) is 129 Å². The Bertz CT molecular complexity index is 2560. The quantitative estimate of drug-likeness (QED) is 0.160. The van der Waals surface area contributed by atoms with Crippen molar-refractivity contribution in [3.8, 4) is 11.1 Å². The van der Waals surface area contributed by atoms with E-state index in [0.717, 1.165) is 49.7 Å². The van der Waals surface area contributed by atoms with Gasteiger partial charge in [0, 0.05) is 51.4 Å². The molecule has 2 heterocycles. The number of hydrogen-bond acceptors (Lipinski definition) is 1. The summed E-state index contributed by atoms with van der Waals surface area (Å²) in [4.78, 5) is 2.40. The fourth-order valence-electron chi connectivity index (χ4n) is 9.14. The Kier molecular flexibility index (Phi) is 8.75. The third-order valence-corrected chi connectivity index (χ3v) is 11.7. The van der Waals surface area contributed by atoms with E-state index in [-0.39, 0.29) is 5.92 Å². The van der Waals surface area contributed by atoms with Gasteiger partial charge in [0.15, 0.2) is 0 Å². The maximum Gasteiger partial charge on any atom is 0.0534 e. The second-order valence-corrected chi connectivity index (χ2v) is 14.9. The fraction of sp³-hybridized carbons (Fsp3) is 0.154. The van der Waals surface area contributed by atoms with Crippen molar-refractivity contribution in [1.82, 2.24) is 9.47 Å². The molecule has 2 heteroatoms. The van der Waals surface area contributed by atoms with Crippen molar-refractivity contribution in [3.63, 3.8) is 0 Å². The molecule has 2 nitrogen and oxygen atoms in total. The molecule has 0 spiro atoms. The first-order valence-corrected chi connectivity index (χ1v) is 19.4. The molecule has 0 amide bonds. The van der Waals surface area contributed by atoms with Crippen LogP contribution in [0, 0.1) is 6.92 Å². The number of rotatable bonds is 6. The summed E-state index contributed by atoms with van der Waals surface area (Å²) in [5, 5.41) is 1.26. The Hall–Kier alpha value is -6.12. The van der Waals surface area contributed by atoms with Crippen molar-refractivity contribution in [1.29, 1.82) is 0 Å². The van der Waals surface area contributed by atoms with Crippen molar-refractivity contribution in [2.75, 3.05) is 0 Å². The molecule has 264 valence electrons. The third kappa shape index (κ3) is 5.74. The minimum atomic E-state index is 0.202. The van der Waals surface area contributed by atoms with Crippen LogP contribution < -0.4 is 0 Å². The van der Waals surface area contributed by atoms with Gasteiger partial charge < -0.3 is 9.47 Å². The second-order valence-electron chi connectivity index (χ2n) is 14.9. The molecule has 1 atom stereocenters. The molecular formula is C52H46N2. The Balaban J connectivity index is 1.11. The average molecular weight is 699 g/mol. The molecule has 3 aromatic carbocycles. The van der Waals surface area contributed by atoms with Gasteiger partial charge in [-0.05, 0) is 126 Å². The number of benzene rings is 3. The number of nitrogens with zero attached hydrogens (tertiary/aromatic N) is 2. The molecule has 0 fully saturated rings. The van der Waals surface area contributed by atoms with Crippen molar-refractivity contribution in [2.45, 2.75) is 51.4 Å². The van der Waals surface area contributed by atoms with Crippen LogP contribution in [0.4, 0.5) is 0 Å². The molecule has 0 N–H and O–H groups in total. The molecule has 0 saturated carbocycles. The van der Waals surface area contributed by atoms with Gasteiger partial charge in [-0.25, -0.2) is 0 Å². The number of fused-ring (bicyclic) bond motifs is 3. The van der Waals surface area contributed by atoms with Crippen LogP contribution in [0.15, 0.2) is 182 Å². The molecule has 1 aromatic heterocycles. The molecule has 0 bridgehead atoms. The SMILES string of the molecule is C=C/C=C\c1c(C)n(C2=CC=CCC2)c2ccc(-c3cccc4c3C(=C)c3ccc(C5CC=CC6=C5N(C5=CCCC=C5)/C=C\C=C/C6=C)cc3C4)cc12. The first-order chi connectivity index (χ1) is 26.5. The van der Waals surface area contributed by atoms with E-state index in [4.69, 9.17) is 6.58 Å².